The standard InChI is InChI=1S/C20H30O2/c1-2-21-16-8-3-4-9-17-22-20-14-12-19(13-15-20)18-10-6-5-7-11-18/h2,12-15,18H,1,3-11,16-17H2. The maximum absolute atomic E-state index is 5.83. The minimum atomic E-state index is 0.778. The molecule has 1 aliphatic rings. The zero-order valence-electron chi connectivity index (χ0n) is 13.8. The highest BCUT2D eigenvalue weighted by atomic mass is 16.5. The molecule has 1 aliphatic carbocycles. The first kappa shape index (κ1) is 16.9. The molecule has 1 fully saturated rings. The van der Waals surface area contributed by atoms with Gasteiger partial charge in [0, 0.05) is 0 Å². The predicted octanol–water partition coefficient (Wildman–Crippen LogP) is 5.83. The lowest BCUT2D eigenvalue weighted by molar-refractivity contribution is 0.239. The van der Waals surface area contributed by atoms with Gasteiger partial charge in [-0.3, -0.25) is 0 Å². The van der Waals surface area contributed by atoms with Crippen LogP contribution in [0.1, 0.15) is 69.3 Å². The smallest absolute Gasteiger partial charge is 0.119 e. The fourth-order valence-corrected chi connectivity index (χ4v) is 3.19. The summed E-state index contributed by atoms with van der Waals surface area (Å²) in [5, 5.41) is 0. The van der Waals surface area contributed by atoms with E-state index in [1.54, 1.807) is 0 Å². The molecule has 0 bridgehead atoms. The second-order valence-electron chi connectivity index (χ2n) is 6.20. The Kier molecular flexibility index (Phi) is 7.93. The molecular formula is C20H30O2. The van der Waals surface area contributed by atoms with Crippen molar-refractivity contribution in [2.75, 3.05) is 13.2 Å². The third-order valence-corrected chi connectivity index (χ3v) is 4.50. The molecule has 0 spiro atoms. The fraction of sp³-hybridized carbons (Fsp3) is 0.600. The van der Waals surface area contributed by atoms with E-state index in [2.05, 4.69) is 30.8 Å². The van der Waals surface area contributed by atoms with Crippen molar-refractivity contribution in [3.05, 3.63) is 42.7 Å². The van der Waals surface area contributed by atoms with Crippen LogP contribution in [0, 0.1) is 0 Å². The summed E-state index contributed by atoms with van der Waals surface area (Å²) in [5.74, 6) is 1.79. The molecule has 2 nitrogen and oxygen atoms in total. The first-order valence-corrected chi connectivity index (χ1v) is 8.85. The van der Waals surface area contributed by atoms with Gasteiger partial charge in [-0.1, -0.05) is 38.0 Å². The van der Waals surface area contributed by atoms with Crippen LogP contribution in [0.15, 0.2) is 37.1 Å². The van der Waals surface area contributed by atoms with E-state index in [0.717, 1.165) is 37.7 Å². The van der Waals surface area contributed by atoms with E-state index in [9.17, 15) is 0 Å². The molecule has 22 heavy (non-hydrogen) atoms. The number of hydrogen-bond donors (Lipinski definition) is 0. The van der Waals surface area contributed by atoms with Gasteiger partial charge in [-0.2, -0.15) is 0 Å². The van der Waals surface area contributed by atoms with Crippen molar-refractivity contribution in [1.82, 2.24) is 0 Å². The second kappa shape index (κ2) is 10.3. The Morgan fingerprint density at radius 3 is 2.27 bits per heavy atom. The van der Waals surface area contributed by atoms with Gasteiger partial charge in [-0.15, -0.1) is 0 Å². The van der Waals surface area contributed by atoms with Gasteiger partial charge in [0.15, 0.2) is 0 Å². The van der Waals surface area contributed by atoms with Crippen molar-refractivity contribution in [1.29, 1.82) is 0 Å². The van der Waals surface area contributed by atoms with E-state index in [-0.39, 0.29) is 0 Å². The molecule has 0 aromatic heterocycles. The summed E-state index contributed by atoms with van der Waals surface area (Å²) in [6.45, 7) is 5.13. The Labute approximate surface area is 135 Å². The first-order valence-electron chi connectivity index (χ1n) is 8.85. The zero-order chi connectivity index (χ0) is 15.5. The van der Waals surface area contributed by atoms with Crippen LogP contribution in [0.2, 0.25) is 0 Å². The first-order chi connectivity index (χ1) is 10.9. The van der Waals surface area contributed by atoms with Gasteiger partial charge in [0.1, 0.15) is 5.75 Å². The quantitative estimate of drug-likeness (QED) is 0.399. The summed E-state index contributed by atoms with van der Waals surface area (Å²) in [6.07, 6.45) is 13.0. The van der Waals surface area contributed by atoms with Crippen LogP contribution < -0.4 is 4.74 Å². The fourth-order valence-electron chi connectivity index (χ4n) is 3.19. The number of benzene rings is 1. The van der Waals surface area contributed by atoms with Gasteiger partial charge in [0.25, 0.3) is 0 Å². The zero-order valence-corrected chi connectivity index (χ0v) is 13.8. The number of unbranched alkanes of at least 4 members (excludes halogenated alkanes) is 3. The molecule has 0 unspecified atom stereocenters. The minimum Gasteiger partial charge on any atom is -0.502 e. The van der Waals surface area contributed by atoms with E-state index in [4.69, 9.17) is 9.47 Å². The molecule has 122 valence electrons. The van der Waals surface area contributed by atoms with E-state index < -0.39 is 0 Å². The van der Waals surface area contributed by atoms with E-state index in [0.29, 0.717) is 0 Å². The maximum Gasteiger partial charge on any atom is 0.119 e. The molecule has 0 atom stereocenters. The van der Waals surface area contributed by atoms with Gasteiger partial charge in [0.05, 0.1) is 19.5 Å². The summed E-state index contributed by atoms with van der Waals surface area (Å²) in [7, 11) is 0. The minimum absolute atomic E-state index is 0.778. The van der Waals surface area contributed by atoms with Crippen molar-refractivity contribution in [3.8, 4) is 5.75 Å². The predicted molar refractivity (Wildman–Crippen MR) is 92.4 cm³/mol. The summed E-state index contributed by atoms with van der Waals surface area (Å²) < 4.78 is 10.9. The number of rotatable bonds is 10. The molecule has 2 rings (SSSR count). The average molecular weight is 302 g/mol. The Bertz CT molecular complexity index is 404. The molecule has 1 aromatic rings. The van der Waals surface area contributed by atoms with Gasteiger partial charge < -0.3 is 9.47 Å². The van der Waals surface area contributed by atoms with E-state index >= 15 is 0 Å². The normalized spacial score (nSPS) is 15.5. The van der Waals surface area contributed by atoms with Crippen molar-refractivity contribution in [2.24, 2.45) is 0 Å². The lowest BCUT2D eigenvalue weighted by atomic mass is 9.84. The third-order valence-electron chi connectivity index (χ3n) is 4.50. The van der Waals surface area contributed by atoms with Gasteiger partial charge in [-0.05, 0) is 62.1 Å². The van der Waals surface area contributed by atoms with Crippen LogP contribution in [-0.4, -0.2) is 13.2 Å². The summed E-state index contributed by atoms with van der Waals surface area (Å²) in [6, 6.07) is 8.81. The largest absolute Gasteiger partial charge is 0.502 e. The summed E-state index contributed by atoms with van der Waals surface area (Å²) in [5.41, 5.74) is 1.49. The summed E-state index contributed by atoms with van der Waals surface area (Å²) >= 11 is 0. The Morgan fingerprint density at radius 2 is 1.59 bits per heavy atom. The topological polar surface area (TPSA) is 18.5 Å². The Hall–Kier alpha value is -1.44. The molecule has 0 radical (unpaired) electrons. The van der Waals surface area contributed by atoms with Crippen LogP contribution >= 0.6 is 0 Å². The van der Waals surface area contributed by atoms with E-state index in [1.165, 1.54) is 56.8 Å². The van der Waals surface area contributed by atoms with Crippen LogP contribution in [0.25, 0.3) is 0 Å². The van der Waals surface area contributed by atoms with Crippen LogP contribution in [0.4, 0.5) is 0 Å². The molecular weight excluding hydrogens is 272 g/mol. The average Bonchev–Trinajstić information content (AvgIpc) is 2.59. The molecule has 0 N–H and O–H groups in total. The molecule has 0 heterocycles. The van der Waals surface area contributed by atoms with Gasteiger partial charge >= 0.3 is 0 Å². The second-order valence-corrected chi connectivity index (χ2v) is 6.20. The lowest BCUT2D eigenvalue weighted by Gasteiger charge is -2.22. The summed E-state index contributed by atoms with van der Waals surface area (Å²) in [4.78, 5) is 0. The molecule has 0 saturated heterocycles. The third kappa shape index (κ3) is 6.13. The van der Waals surface area contributed by atoms with Crippen molar-refractivity contribution in [3.63, 3.8) is 0 Å². The van der Waals surface area contributed by atoms with Crippen molar-refractivity contribution < 1.29 is 9.47 Å². The monoisotopic (exact) mass is 302 g/mol. The van der Waals surface area contributed by atoms with Crippen LogP contribution in [0.3, 0.4) is 0 Å². The van der Waals surface area contributed by atoms with Crippen LogP contribution in [0.5, 0.6) is 5.75 Å². The van der Waals surface area contributed by atoms with Crippen LogP contribution in [-0.2, 0) is 4.74 Å². The molecule has 1 aromatic carbocycles. The molecule has 0 aliphatic heterocycles. The van der Waals surface area contributed by atoms with Crippen molar-refractivity contribution in [2.45, 2.75) is 63.7 Å². The highest BCUT2D eigenvalue weighted by Gasteiger charge is 2.15. The van der Waals surface area contributed by atoms with Gasteiger partial charge in [0.2, 0.25) is 0 Å². The molecule has 1 saturated carbocycles. The Morgan fingerprint density at radius 1 is 0.909 bits per heavy atom. The number of hydrogen-bond acceptors (Lipinski definition) is 2. The molecule has 0 amide bonds. The van der Waals surface area contributed by atoms with E-state index in [1.807, 2.05) is 0 Å². The van der Waals surface area contributed by atoms with Crippen molar-refractivity contribution >= 4 is 0 Å². The number of ether oxygens (including phenoxy) is 2. The lowest BCUT2D eigenvalue weighted by Crippen LogP contribution is -2.04. The highest BCUT2D eigenvalue weighted by molar-refractivity contribution is 5.29. The Balaban J connectivity index is 1.59. The maximum atomic E-state index is 5.83. The highest BCUT2D eigenvalue weighted by Crippen LogP contribution is 2.33. The molecule has 2 heteroatoms. The SMILES string of the molecule is C=COCCCCCCOc1ccc(C2CCCCC2)cc1. The van der Waals surface area contributed by atoms with Gasteiger partial charge in [-0.25, -0.2) is 0 Å².